The molecular weight excluding hydrogens is 674 g/mol. The minimum atomic E-state index is -1.75. The van der Waals surface area contributed by atoms with Gasteiger partial charge in [-0.05, 0) is 59.7 Å². The van der Waals surface area contributed by atoms with Crippen molar-refractivity contribution in [3.05, 3.63) is 107 Å². The van der Waals surface area contributed by atoms with Crippen LogP contribution in [0, 0.1) is 29.1 Å². The SMILES string of the molecule is CC(=O)O[C@@]12C[C@@H](C)[C@@]3(O)[C@@H](C=C(CO)C[C@]4(O)C(=O)C(C)=C[C@@H]34)[C@@H]1C2(C)C.O=C(/C=C/c1ccc(CNCc2ccc3ccccc3n2)cc1)NO. The van der Waals surface area contributed by atoms with Gasteiger partial charge in [0.05, 0.1) is 23.4 Å². The first-order valence-electron chi connectivity index (χ1n) is 18.0. The van der Waals surface area contributed by atoms with Gasteiger partial charge in [-0.1, -0.05) is 81.5 Å². The van der Waals surface area contributed by atoms with Gasteiger partial charge in [0.25, 0.3) is 5.91 Å². The van der Waals surface area contributed by atoms with Gasteiger partial charge in [-0.3, -0.25) is 24.6 Å². The van der Waals surface area contributed by atoms with E-state index >= 15 is 0 Å². The lowest BCUT2D eigenvalue weighted by Gasteiger charge is -2.50. The molecule has 0 bridgehead atoms. The molecule has 1 aromatic heterocycles. The molecule has 1 heterocycles. The number of ketones is 1. The van der Waals surface area contributed by atoms with Gasteiger partial charge in [0.15, 0.2) is 5.78 Å². The number of nitrogens with one attached hydrogen (secondary N) is 2. The van der Waals surface area contributed by atoms with Gasteiger partial charge in [-0.25, -0.2) is 5.48 Å². The zero-order chi connectivity index (χ0) is 38.3. The first kappa shape index (κ1) is 38.2. The lowest BCUT2D eigenvalue weighted by molar-refractivity contribution is -0.186. The highest BCUT2D eigenvalue weighted by molar-refractivity contribution is 6.04. The maximum atomic E-state index is 12.8. The Morgan fingerprint density at radius 1 is 1.02 bits per heavy atom. The molecule has 2 aromatic carbocycles. The summed E-state index contributed by atoms with van der Waals surface area (Å²) in [5.41, 5.74) is 2.42. The molecule has 53 heavy (non-hydrogen) atoms. The van der Waals surface area contributed by atoms with Gasteiger partial charge in [0, 0.05) is 61.1 Å². The van der Waals surface area contributed by atoms with Crippen LogP contribution >= 0.6 is 0 Å². The van der Waals surface area contributed by atoms with E-state index in [4.69, 9.17) is 9.94 Å². The minimum Gasteiger partial charge on any atom is -0.458 e. The number of rotatable bonds is 8. The zero-order valence-electron chi connectivity index (χ0n) is 30.8. The molecule has 11 heteroatoms. The predicted octanol–water partition coefficient (Wildman–Crippen LogP) is 4.57. The molecule has 2 saturated carbocycles. The van der Waals surface area contributed by atoms with Gasteiger partial charge in [0.2, 0.25) is 0 Å². The number of carbonyl (C=O) groups excluding carboxylic acids is 3. The summed E-state index contributed by atoms with van der Waals surface area (Å²) in [6.45, 7) is 10.1. The third kappa shape index (κ3) is 6.77. The number of para-hydroxylation sites is 1. The predicted molar refractivity (Wildman–Crippen MR) is 199 cm³/mol. The molecule has 0 radical (unpaired) electrons. The number of hydrogen-bond acceptors (Lipinski definition) is 10. The Labute approximate surface area is 309 Å². The Balaban J connectivity index is 0.000000183. The average Bonchev–Trinajstić information content (AvgIpc) is 3.53. The molecule has 11 nitrogen and oxygen atoms in total. The first-order valence-corrected chi connectivity index (χ1v) is 18.0. The van der Waals surface area contributed by atoms with Crippen LogP contribution in [0.4, 0.5) is 0 Å². The van der Waals surface area contributed by atoms with Crippen molar-refractivity contribution in [1.29, 1.82) is 0 Å². The Morgan fingerprint density at radius 3 is 2.42 bits per heavy atom. The van der Waals surface area contributed by atoms with E-state index in [2.05, 4.69) is 22.4 Å². The fourth-order valence-corrected chi connectivity index (χ4v) is 9.35. The molecule has 0 spiro atoms. The first-order chi connectivity index (χ1) is 25.1. The number of aliphatic hydroxyl groups is 3. The number of benzene rings is 2. The van der Waals surface area contributed by atoms with Gasteiger partial charge in [-0.2, -0.15) is 0 Å². The fourth-order valence-electron chi connectivity index (χ4n) is 9.35. The van der Waals surface area contributed by atoms with Crippen LogP contribution in [0.15, 0.2) is 90.0 Å². The van der Waals surface area contributed by atoms with Crippen molar-refractivity contribution in [3.63, 3.8) is 0 Å². The van der Waals surface area contributed by atoms with Crippen LogP contribution in [0.2, 0.25) is 0 Å². The largest absolute Gasteiger partial charge is 0.458 e. The van der Waals surface area contributed by atoms with Crippen molar-refractivity contribution in [2.75, 3.05) is 6.61 Å². The van der Waals surface area contributed by atoms with E-state index in [1.807, 2.05) is 75.4 Å². The van der Waals surface area contributed by atoms with Crippen molar-refractivity contribution in [2.45, 2.75) is 77.4 Å². The van der Waals surface area contributed by atoms with Crippen LogP contribution in [0.5, 0.6) is 0 Å². The van der Waals surface area contributed by atoms with E-state index in [0.717, 1.165) is 34.3 Å². The summed E-state index contributed by atoms with van der Waals surface area (Å²) < 4.78 is 5.83. The number of amides is 1. The van der Waals surface area contributed by atoms with Gasteiger partial charge in [0.1, 0.15) is 11.2 Å². The number of nitrogens with zero attached hydrogens (tertiary/aromatic N) is 1. The van der Waals surface area contributed by atoms with Crippen LogP contribution in [0.1, 0.15) is 64.3 Å². The summed E-state index contributed by atoms with van der Waals surface area (Å²) >= 11 is 0. The van der Waals surface area contributed by atoms with Crippen LogP contribution in [-0.4, -0.2) is 66.6 Å². The fraction of sp³-hybridized carbons (Fsp3) is 0.429. The average molecular weight is 724 g/mol. The van der Waals surface area contributed by atoms with E-state index < -0.39 is 34.5 Å². The molecule has 0 unspecified atom stereocenters. The smallest absolute Gasteiger partial charge is 0.303 e. The van der Waals surface area contributed by atoms with E-state index in [1.54, 1.807) is 24.6 Å². The van der Waals surface area contributed by atoms with Crippen molar-refractivity contribution in [3.8, 4) is 0 Å². The topological polar surface area (TPSA) is 178 Å². The summed E-state index contributed by atoms with van der Waals surface area (Å²) in [7, 11) is 0. The lowest BCUT2D eigenvalue weighted by atomic mass is 9.60. The Hall–Kier alpha value is -4.52. The number of hydroxylamine groups is 1. The quantitative estimate of drug-likeness (QED) is 0.0634. The number of carbonyl (C=O) groups is 3. The van der Waals surface area contributed by atoms with Crippen LogP contribution < -0.4 is 10.8 Å². The van der Waals surface area contributed by atoms with Crippen molar-refractivity contribution in [2.24, 2.45) is 29.1 Å². The molecule has 4 aliphatic carbocycles. The molecule has 0 aliphatic heterocycles. The summed E-state index contributed by atoms with van der Waals surface area (Å²) in [6, 6.07) is 20.0. The normalized spacial score (nSPS) is 30.8. The monoisotopic (exact) mass is 723 g/mol. The molecular formula is C42H49N3O8. The minimum absolute atomic E-state index is 0.0000834. The molecule has 0 saturated heterocycles. The maximum Gasteiger partial charge on any atom is 0.303 e. The highest BCUT2D eigenvalue weighted by atomic mass is 16.6. The number of hydrogen-bond donors (Lipinski definition) is 6. The van der Waals surface area contributed by atoms with Crippen LogP contribution in [0.25, 0.3) is 17.0 Å². The summed E-state index contributed by atoms with van der Waals surface area (Å²) in [5.74, 6) is -2.97. The molecule has 1 amide bonds. The second kappa shape index (κ2) is 14.4. The number of aromatic nitrogens is 1. The highest BCUT2D eigenvalue weighted by Gasteiger charge is 2.83. The molecule has 4 aliphatic rings. The Bertz CT molecular complexity index is 2000. The Kier molecular flexibility index (Phi) is 10.4. The molecule has 7 rings (SSSR count). The van der Waals surface area contributed by atoms with Crippen molar-refractivity contribution >= 4 is 34.6 Å². The molecule has 7 atom stereocenters. The van der Waals surface area contributed by atoms with Gasteiger partial charge < -0.3 is 25.4 Å². The zero-order valence-corrected chi connectivity index (χ0v) is 30.8. The third-order valence-electron chi connectivity index (χ3n) is 12.0. The second-order valence-corrected chi connectivity index (χ2v) is 15.6. The standard InChI is InChI=1S/C22H30O6.C20H19N3O2/c1-11-6-16-20(26,18(11)25)9-14(10-23)7-15-17-19(4,5)21(17,28-13(3)24)8-12(2)22(15,16)27;24-20(23-25)12-9-15-5-7-16(8-6-15)13-21-14-18-11-10-17-3-1-2-4-19(17)22-18/h6-7,12,15-17,23,26-27H,8-10H2,1-5H3;1-12,21,25H,13-14H2,(H,23,24)/b;12-9+/t12-,15+,16-,17-,20-,21+,22-;/m1./s1. The summed E-state index contributed by atoms with van der Waals surface area (Å²) in [5, 5.41) is 46.3. The molecule has 6 N–H and O–H groups in total. The maximum absolute atomic E-state index is 12.8. The van der Waals surface area contributed by atoms with Crippen molar-refractivity contribution in [1.82, 2.24) is 15.8 Å². The molecule has 3 aromatic rings. The van der Waals surface area contributed by atoms with Crippen LogP contribution in [-0.2, 0) is 32.2 Å². The van der Waals surface area contributed by atoms with Crippen LogP contribution in [0.3, 0.4) is 0 Å². The van der Waals surface area contributed by atoms with Gasteiger partial charge >= 0.3 is 5.97 Å². The molecule has 2 fully saturated rings. The van der Waals surface area contributed by atoms with E-state index in [9.17, 15) is 29.7 Å². The van der Waals surface area contributed by atoms with E-state index in [0.29, 0.717) is 24.1 Å². The number of ether oxygens (including phenoxy) is 1. The molecule has 280 valence electrons. The number of esters is 1. The number of aliphatic hydroxyl groups excluding tert-OH is 1. The summed E-state index contributed by atoms with van der Waals surface area (Å²) in [4.78, 5) is 40.3. The number of Topliss-reactive ketones (excluding diaryl/α,β-unsaturated/α-hetero) is 1. The number of fused-ring (bicyclic) bond motifs is 6. The second-order valence-electron chi connectivity index (χ2n) is 15.6. The highest BCUT2D eigenvalue weighted by Crippen LogP contribution is 2.76. The summed E-state index contributed by atoms with van der Waals surface area (Å²) in [6.07, 6.45) is 6.92. The van der Waals surface area contributed by atoms with Gasteiger partial charge in [-0.15, -0.1) is 0 Å². The van der Waals surface area contributed by atoms with Crippen molar-refractivity contribution < 1.29 is 39.6 Å². The third-order valence-corrected chi connectivity index (χ3v) is 12.0. The van der Waals surface area contributed by atoms with E-state index in [1.165, 1.54) is 13.0 Å². The number of pyridine rings is 1. The lowest BCUT2D eigenvalue weighted by Crippen LogP contribution is -2.61. The Morgan fingerprint density at radius 2 is 1.74 bits per heavy atom. The van der Waals surface area contributed by atoms with E-state index in [-0.39, 0.29) is 42.0 Å².